The van der Waals surface area contributed by atoms with Gasteiger partial charge in [0.2, 0.25) is 11.8 Å². The van der Waals surface area contributed by atoms with Crippen LogP contribution in [0.25, 0.3) is 0 Å². The number of nitrogens with zero attached hydrogens (tertiary/aromatic N) is 1. The Morgan fingerprint density at radius 1 is 1.56 bits per heavy atom. The average Bonchev–Trinajstić information content (AvgIpc) is 2.41. The summed E-state index contributed by atoms with van der Waals surface area (Å²) in [6, 6.07) is -0.494. The highest BCUT2D eigenvalue weighted by atomic mass is 19.1. The molecule has 2 atom stereocenters. The molecule has 1 N–H and O–H groups in total. The van der Waals surface area contributed by atoms with Gasteiger partial charge in [-0.1, -0.05) is 20.3 Å². The molecule has 92 valence electrons. The van der Waals surface area contributed by atoms with E-state index in [1.54, 1.807) is 0 Å². The molecular weight excluding hydrogens is 211 g/mol. The first kappa shape index (κ1) is 12.9. The molecule has 0 bridgehead atoms. The number of alkyl halides is 1. The average molecular weight is 230 g/mol. The van der Waals surface area contributed by atoms with Gasteiger partial charge in [-0.05, 0) is 5.92 Å². The Morgan fingerprint density at radius 3 is 2.81 bits per heavy atom. The Hall–Kier alpha value is -1.13. The van der Waals surface area contributed by atoms with Crippen LogP contribution in [0.15, 0.2) is 0 Å². The van der Waals surface area contributed by atoms with Crippen molar-refractivity contribution in [2.24, 2.45) is 5.92 Å². The minimum atomic E-state index is -0.562. The standard InChI is InChI=1S/C11H19FN2O2/c1-3-8(2)10-11(16)14(7-5-12)6-4-9(15)13-10/h8,10H,3-7H2,1-2H3,(H,13,15). The second-order valence-electron chi connectivity index (χ2n) is 4.19. The summed E-state index contributed by atoms with van der Waals surface area (Å²) in [6.07, 6.45) is 1.07. The summed E-state index contributed by atoms with van der Waals surface area (Å²) in [4.78, 5) is 24.9. The molecule has 1 aliphatic rings. The zero-order valence-electron chi connectivity index (χ0n) is 9.83. The summed E-state index contributed by atoms with van der Waals surface area (Å²) in [5.74, 6) is -0.200. The maximum atomic E-state index is 12.3. The zero-order chi connectivity index (χ0) is 12.1. The van der Waals surface area contributed by atoms with E-state index in [2.05, 4.69) is 5.32 Å². The number of halogens is 1. The molecule has 4 nitrogen and oxygen atoms in total. The molecule has 1 rings (SSSR count). The van der Waals surface area contributed by atoms with Crippen molar-refractivity contribution in [1.29, 1.82) is 0 Å². The summed E-state index contributed by atoms with van der Waals surface area (Å²) in [5, 5.41) is 2.72. The topological polar surface area (TPSA) is 49.4 Å². The lowest BCUT2D eigenvalue weighted by Gasteiger charge is -2.26. The molecule has 1 aliphatic heterocycles. The van der Waals surface area contributed by atoms with E-state index in [4.69, 9.17) is 0 Å². The number of carbonyl (C=O) groups is 2. The first-order chi connectivity index (χ1) is 7.60. The van der Waals surface area contributed by atoms with E-state index in [0.29, 0.717) is 6.54 Å². The van der Waals surface area contributed by atoms with Crippen molar-refractivity contribution in [3.63, 3.8) is 0 Å². The largest absolute Gasteiger partial charge is 0.344 e. The summed E-state index contributed by atoms with van der Waals surface area (Å²) < 4.78 is 12.3. The van der Waals surface area contributed by atoms with Gasteiger partial charge in [-0.2, -0.15) is 0 Å². The molecule has 1 saturated heterocycles. The van der Waals surface area contributed by atoms with Crippen molar-refractivity contribution in [1.82, 2.24) is 10.2 Å². The van der Waals surface area contributed by atoms with Crippen molar-refractivity contribution in [2.75, 3.05) is 19.8 Å². The third-order valence-corrected chi connectivity index (χ3v) is 3.07. The van der Waals surface area contributed by atoms with Gasteiger partial charge in [-0.15, -0.1) is 0 Å². The van der Waals surface area contributed by atoms with Gasteiger partial charge >= 0.3 is 0 Å². The van der Waals surface area contributed by atoms with Crippen LogP contribution in [0.2, 0.25) is 0 Å². The second kappa shape index (κ2) is 5.82. The number of rotatable bonds is 4. The van der Waals surface area contributed by atoms with E-state index in [1.807, 2.05) is 13.8 Å². The molecule has 0 aromatic heterocycles. The van der Waals surface area contributed by atoms with Crippen LogP contribution >= 0.6 is 0 Å². The Kier molecular flexibility index (Phi) is 4.71. The molecule has 16 heavy (non-hydrogen) atoms. The van der Waals surface area contributed by atoms with Crippen LogP contribution in [0.5, 0.6) is 0 Å². The van der Waals surface area contributed by atoms with Gasteiger partial charge in [0, 0.05) is 19.5 Å². The summed E-state index contributed by atoms with van der Waals surface area (Å²) in [5.41, 5.74) is 0. The number of amides is 2. The van der Waals surface area contributed by atoms with Crippen LogP contribution in [0.1, 0.15) is 26.7 Å². The maximum Gasteiger partial charge on any atom is 0.245 e. The van der Waals surface area contributed by atoms with Gasteiger partial charge in [-0.3, -0.25) is 9.59 Å². The van der Waals surface area contributed by atoms with Gasteiger partial charge in [0.25, 0.3) is 0 Å². The first-order valence-electron chi connectivity index (χ1n) is 5.74. The van der Waals surface area contributed by atoms with Crippen molar-refractivity contribution in [3.8, 4) is 0 Å². The predicted molar refractivity (Wildman–Crippen MR) is 58.6 cm³/mol. The van der Waals surface area contributed by atoms with Gasteiger partial charge in [0.1, 0.15) is 12.7 Å². The third kappa shape index (κ3) is 2.93. The van der Waals surface area contributed by atoms with E-state index in [-0.39, 0.29) is 30.7 Å². The van der Waals surface area contributed by atoms with Crippen LogP contribution < -0.4 is 5.32 Å². The van der Waals surface area contributed by atoms with Gasteiger partial charge < -0.3 is 10.2 Å². The van der Waals surface area contributed by atoms with Crippen molar-refractivity contribution in [2.45, 2.75) is 32.7 Å². The van der Waals surface area contributed by atoms with E-state index in [0.717, 1.165) is 6.42 Å². The number of carbonyl (C=O) groups excluding carboxylic acids is 2. The Morgan fingerprint density at radius 2 is 2.25 bits per heavy atom. The molecule has 1 fully saturated rings. The highest BCUT2D eigenvalue weighted by molar-refractivity contribution is 5.90. The molecular formula is C11H19FN2O2. The van der Waals surface area contributed by atoms with Crippen LogP contribution in [0, 0.1) is 5.92 Å². The van der Waals surface area contributed by atoms with E-state index in [9.17, 15) is 14.0 Å². The lowest BCUT2D eigenvalue weighted by atomic mass is 9.98. The SMILES string of the molecule is CCC(C)C1NC(=O)CCN(CCF)C1=O. The Labute approximate surface area is 95.2 Å². The molecule has 5 heteroatoms. The fraction of sp³-hybridized carbons (Fsp3) is 0.818. The number of nitrogens with one attached hydrogen (secondary N) is 1. The van der Waals surface area contributed by atoms with Crippen LogP contribution in [-0.4, -0.2) is 42.5 Å². The quantitative estimate of drug-likeness (QED) is 0.773. The number of hydrogen-bond donors (Lipinski definition) is 1. The molecule has 2 amide bonds. The van der Waals surface area contributed by atoms with Crippen molar-refractivity contribution >= 4 is 11.8 Å². The minimum Gasteiger partial charge on any atom is -0.344 e. The maximum absolute atomic E-state index is 12.3. The Bertz CT molecular complexity index is 271. The lowest BCUT2D eigenvalue weighted by Crippen LogP contribution is -2.48. The first-order valence-corrected chi connectivity index (χ1v) is 5.74. The third-order valence-electron chi connectivity index (χ3n) is 3.07. The van der Waals surface area contributed by atoms with Crippen LogP contribution in [0.4, 0.5) is 4.39 Å². The highest BCUT2D eigenvalue weighted by Crippen LogP contribution is 2.14. The summed E-state index contributed by atoms with van der Waals surface area (Å²) in [6.45, 7) is 3.73. The lowest BCUT2D eigenvalue weighted by molar-refractivity contribution is -0.135. The van der Waals surface area contributed by atoms with E-state index >= 15 is 0 Å². The van der Waals surface area contributed by atoms with Crippen LogP contribution in [-0.2, 0) is 9.59 Å². The summed E-state index contributed by atoms with van der Waals surface area (Å²) >= 11 is 0. The fourth-order valence-electron chi connectivity index (χ4n) is 1.80. The fourth-order valence-corrected chi connectivity index (χ4v) is 1.80. The smallest absolute Gasteiger partial charge is 0.245 e. The molecule has 0 spiro atoms. The molecule has 0 aromatic rings. The second-order valence-corrected chi connectivity index (χ2v) is 4.19. The predicted octanol–water partition coefficient (Wildman–Crippen LogP) is 0.719. The van der Waals surface area contributed by atoms with E-state index < -0.39 is 12.7 Å². The monoisotopic (exact) mass is 230 g/mol. The molecule has 0 saturated carbocycles. The van der Waals surface area contributed by atoms with Crippen molar-refractivity contribution in [3.05, 3.63) is 0 Å². The molecule has 0 aliphatic carbocycles. The van der Waals surface area contributed by atoms with E-state index in [1.165, 1.54) is 4.90 Å². The molecule has 2 unspecified atom stereocenters. The molecule has 0 aromatic carbocycles. The van der Waals surface area contributed by atoms with Gasteiger partial charge in [0.15, 0.2) is 0 Å². The number of hydrogen-bond acceptors (Lipinski definition) is 2. The zero-order valence-corrected chi connectivity index (χ0v) is 9.83. The van der Waals surface area contributed by atoms with Gasteiger partial charge in [-0.25, -0.2) is 4.39 Å². The van der Waals surface area contributed by atoms with Gasteiger partial charge in [0.05, 0.1) is 0 Å². The van der Waals surface area contributed by atoms with Crippen molar-refractivity contribution < 1.29 is 14.0 Å². The van der Waals surface area contributed by atoms with Crippen LogP contribution in [0.3, 0.4) is 0 Å². The molecule has 0 radical (unpaired) electrons. The molecule has 1 heterocycles. The minimum absolute atomic E-state index is 0.0802. The Balaban J connectivity index is 2.79. The normalized spacial score (nSPS) is 23.9. The highest BCUT2D eigenvalue weighted by Gasteiger charge is 2.32. The summed E-state index contributed by atoms with van der Waals surface area (Å²) in [7, 11) is 0.